The Labute approximate surface area is 113 Å². The molecule has 0 radical (unpaired) electrons. The van der Waals surface area contributed by atoms with Crippen molar-refractivity contribution in [3.05, 3.63) is 16.5 Å². The van der Waals surface area contributed by atoms with E-state index < -0.39 is 0 Å². The molecule has 0 amide bonds. The van der Waals surface area contributed by atoms with Crippen LogP contribution in [-0.2, 0) is 0 Å². The molecule has 2 unspecified atom stereocenters. The van der Waals surface area contributed by atoms with Gasteiger partial charge in [0, 0.05) is 24.1 Å². The predicted molar refractivity (Wildman–Crippen MR) is 72.2 cm³/mol. The Balaban J connectivity index is 1.74. The second-order valence-electron chi connectivity index (χ2n) is 6.08. The molecular weight excluding hydrogens is 246 g/mol. The zero-order chi connectivity index (χ0) is 12.3. The van der Waals surface area contributed by atoms with Gasteiger partial charge in [-0.2, -0.15) is 0 Å². The molecule has 3 aliphatic rings. The number of anilines is 1. The van der Waals surface area contributed by atoms with E-state index in [4.69, 9.17) is 16.6 Å². The van der Waals surface area contributed by atoms with Crippen molar-refractivity contribution >= 4 is 17.4 Å². The fourth-order valence-electron chi connectivity index (χ4n) is 3.48. The summed E-state index contributed by atoms with van der Waals surface area (Å²) < 4.78 is 0. The third-order valence-corrected chi connectivity index (χ3v) is 5.07. The van der Waals surface area contributed by atoms with Gasteiger partial charge in [-0.1, -0.05) is 11.6 Å². The zero-order valence-electron chi connectivity index (χ0n) is 10.7. The Bertz CT molecular complexity index is 498. The number of nitrogens with zero attached hydrogens (tertiary/aromatic N) is 3. The molecular formula is C14H18ClN3. The van der Waals surface area contributed by atoms with E-state index in [0.29, 0.717) is 17.1 Å². The van der Waals surface area contributed by atoms with Crippen LogP contribution in [0.3, 0.4) is 0 Å². The van der Waals surface area contributed by atoms with Gasteiger partial charge in [0.25, 0.3) is 0 Å². The van der Waals surface area contributed by atoms with Crippen molar-refractivity contribution in [1.29, 1.82) is 0 Å². The lowest BCUT2D eigenvalue weighted by Gasteiger charge is -2.29. The normalized spacial score (nSPS) is 30.2. The minimum absolute atomic E-state index is 0.571. The fraction of sp³-hybridized carbons (Fsp3) is 0.714. The number of hydrogen-bond acceptors (Lipinski definition) is 3. The molecule has 2 aliphatic carbocycles. The van der Waals surface area contributed by atoms with Crippen molar-refractivity contribution in [1.82, 2.24) is 9.97 Å². The van der Waals surface area contributed by atoms with Gasteiger partial charge in [-0.3, -0.25) is 0 Å². The summed E-state index contributed by atoms with van der Waals surface area (Å²) in [6, 6.07) is 0.701. The second kappa shape index (κ2) is 3.83. The molecule has 2 bridgehead atoms. The topological polar surface area (TPSA) is 29.0 Å². The summed E-state index contributed by atoms with van der Waals surface area (Å²) in [7, 11) is 0. The minimum atomic E-state index is 0.571. The van der Waals surface area contributed by atoms with Gasteiger partial charge in [-0.15, -0.1) is 0 Å². The molecule has 18 heavy (non-hydrogen) atoms. The van der Waals surface area contributed by atoms with E-state index in [1.165, 1.54) is 38.6 Å². The third kappa shape index (κ3) is 1.63. The van der Waals surface area contributed by atoms with Crippen molar-refractivity contribution < 1.29 is 0 Å². The van der Waals surface area contributed by atoms with Crippen molar-refractivity contribution in [2.45, 2.75) is 51.0 Å². The van der Waals surface area contributed by atoms with Gasteiger partial charge in [-0.25, -0.2) is 9.97 Å². The lowest BCUT2D eigenvalue weighted by atomic mass is 10.1. The molecule has 1 aliphatic heterocycles. The Morgan fingerprint density at radius 3 is 2.61 bits per heavy atom. The molecule has 4 heteroatoms. The Morgan fingerprint density at radius 1 is 1.17 bits per heavy atom. The highest BCUT2D eigenvalue weighted by Crippen LogP contribution is 2.43. The van der Waals surface area contributed by atoms with Crippen LogP contribution in [0.15, 0.2) is 0 Å². The minimum Gasteiger partial charge on any atom is -0.353 e. The Hall–Kier alpha value is -0.830. The number of aromatic nitrogens is 2. The van der Waals surface area contributed by atoms with Crippen LogP contribution in [0.25, 0.3) is 0 Å². The number of halogens is 1. The third-order valence-electron chi connectivity index (χ3n) is 4.70. The Morgan fingerprint density at radius 2 is 2.00 bits per heavy atom. The average Bonchev–Trinajstić information content (AvgIpc) is 3.01. The van der Waals surface area contributed by atoms with E-state index >= 15 is 0 Å². The lowest BCUT2D eigenvalue weighted by molar-refractivity contribution is 0.548. The highest BCUT2D eigenvalue weighted by atomic mass is 35.5. The first-order valence-electron chi connectivity index (χ1n) is 7.03. The fourth-order valence-corrected chi connectivity index (χ4v) is 3.65. The van der Waals surface area contributed by atoms with E-state index in [1.54, 1.807) is 0 Å². The van der Waals surface area contributed by atoms with Crippen LogP contribution >= 0.6 is 11.6 Å². The number of piperidine rings is 1. The van der Waals surface area contributed by atoms with Gasteiger partial charge in [0.05, 0.1) is 0 Å². The van der Waals surface area contributed by atoms with Crippen molar-refractivity contribution in [3.63, 3.8) is 0 Å². The maximum atomic E-state index is 6.29. The number of hydrogen-bond donors (Lipinski definition) is 0. The molecule has 0 N–H and O–H groups in total. The molecule has 0 spiro atoms. The average molecular weight is 264 g/mol. The summed E-state index contributed by atoms with van der Waals surface area (Å²) in [6.45, 7) is 3.23. The summed E-state index contributed by atoms with van der Waals surface area (Å²) in [6.07, 6.45) is 6.52. The SMILES string of the molecule is Cc1c(Cl)nc(C2CC2)nc1N1CC2CCC1C2. The predicted octanol–water partition coefficient (Wildman–Crippen LogP) is 3.30. The molecule has 2 atom stereocenters. The van der Waals surface area contributed by atoms with Crippen LogP contribution in [0, 0.1) is 12.8 Å². The largest absolute Gasteiger partial charge is 0.353 e. The van der Waals surface area contributed by atoms with Gasteiger partial charge >= 0.3 is 0 Å². The van der Waals surface area contributed by atoms with Crippen LogP contribution in [0.1, 0.15) is 49.4 Å². The van der Waals surface area contributed by atoms with Crippen LogP contribution in [-0.4, -0.2) is 22.6 Å². The molecule has 96 valence electrons. The van der Waals surface area contributed by atoms with Crippen molar-refractivity contribution in [3.8, 4) is 0 Å². The maximum absolute atomic E-state index is 6.29. The summed E-state index contributed by atoms with van der Waals surface area (Å²) in [5.74, 6) is 3.54. The van der Waals surface area contributed by atoms with Gasteiger partial charge in [0.15, 0.2) is 0 Å². The molecule has 2 saturated carbocycles. The summed E-state index contributed by atoms with van der Waals surface area (Å²) in [4.78, 5) is 11.8. The molecule has 4 rings (SSSR count). The molecule has 3 fully saturated rings. The van der Waals surface area contributed by atoms with Gasteiger partial charge in [0.1, 0.15) is 16.8 Å². The summed E-state index contributed by atoms with van der Waals surface area (Å²) in [5, 5.41) is 0.657. The first kappa shape index (κ1) is 11.0. The standard InChI is InChI=1S/C14H18ClN3/c1-8-12(15)16-13(10-3-4-10)17-14(8)18-7-9-2-5-11(18)6-9/h9-11H,2-7H2,1H3. The summed E-state index contributed by atoms with van der Waals surface area (Å²) >= 11 is 6.29. The molecule has 1 aromatic rings. The van der Waals surface area contributed by atoms with Crippen LogP contribution in [0.5, 0.6) is 0 Å². The second-order valence-corrected chi connectivity index (χ2v) is 6.44. The van der Waals surface area contributed by atoms with E-state index in [-0.39, 0.29) is 0 Å². The molecule has 2 heterocycles. The van der Waals surface area contributed by atoms with Crippen molar-refractivity contribution in [2.75, 3.05) is 11.4 Å². The van der Waals surface area contributed by atoms with Crippen LogP contribution < -0.4 is 4.90 Å². The number of rotatable bonds is 2. The highest BCUT2D eigenvalue weighted by molar-refractivity contribution is 6.30. The number of fused-ring (bicyclic) bond motifs is 2. The van der Waals surface area contributed by atoms with E-state index in [0.717, 1.165) is 23.1 Å². The first-order valence-corrected chi connectivity index (χ1v) is 7.41. The molecule has 1 saturated heterocycles. The monoisotopic (exact) mass is 263 g/mol. The molecule has 1 aromatic heterocycles. The van der Waals surface area contributed by atoms with E-state index in [1.807, 2.05) is 0 Å². The zero-order valence-corrected chi connectivity index (χ0v) is 11.5. The van der Waals surface area contributed by atoms with Gasteiger partial charge < -0.3 is 4.90 Å². The Kier molecular flexibility index (Phi) is 2.35. The summed E-state index contributed by atoms with van der Waals surface area (Å²) in [5.41, 5.74) is 1.06. The van der Waals surface area contributed by atoms with Crippen LogP contribution in [0.2, 0.25) is 5.15 Å². The van der Waals surface area contributed by atoms with E-state index in [9.17, 15) is 0 Å². The van der Waals surface area contributed by atoms with Gasteiger partial charge in [-0.05, 0) is 44.9 Å². The van der Waals surface area contributed by atoms with Crippen LogP contribution in [0.4, 0.5) is 5.82 Å². The van der Waals surface area contributed by atoms with Gasteiger partial charge in [0.2, 0.25) is 0 Å². The molecule has 0 aromatic carbocycles. The van der Waals surface area contributed by atoms with E-state index in [2.05, 4.69) is 16.8 Å². The quantitative estimate of drug-likeness (QED) is 0.767. The molecule has 3 nitrogen and oxygen atoms in total. The highest BCUT2D eigenvalue weighted by Gasteiger charge is 2.40. The first-order chi connectivity index (χ1) is 8.72. The smallest absolute Gasteiger partial charge is 0.137 e. The maximum Gasteiger partial charge on any atom is 0.137 e. The van der Waals surface area contributed by atoms with Crippen molar-refractivity contribution in [2.24, 2.45) is 5.92 Å². The lowest BCUT2D eigenvalue weighted by Crippen LogP contribution is -2.33.